The van der Waals surface area contributed by atoms with Gasteiger partial charge in [-0.3, -0.25) is 4.79 Å². The Balaban J connectivity index is 2.60. The molecule has 1 heterocycles. The summed E-state index contributed by atoms with van der Waals surface area (Å²) < 4.78 is 31.5. The average molecular weight is 236 g/mol. The molecule has 1 saturated heterocycles. The molecule has 1 aliphatic rings. The van der Waals surface area contributed by atoms with Gasteiger partial charge in [0.05, 0.1) is 19.2 Å². The maximum atomic E-state index is 13.2. The normalized spacial score (nSPS) is 23.8. The maximum Gasteiger partial charge on any atom is 0.267 e. The smallest absolute Gasteiger partial charge is 0.267 e. The predicted octanol–water partition coefficient (Wildman–Crippen LogP) is 0.608. The van der Waals surface area contributed by atoms with Gasteiger partial charge >= 0.3 is 0 Å². The van der Waals surface area contributed by atoms with Gasteiger partial charge in [-0.1, -0.05) is 0 Å². The Labute approximate surface area is 93.7 Å². The molecule has 0 radical (unpaired) electrons. The number of carbonyl (C=O) groups is 1. The molecule has 0 aliphatic carbocycles. The van der Waals surface area contributed by atoms with E-state index in [4.69, 9.17) is 10.5 Å². The number of likely N-dealkylation sites (tertiary alicyclic amines) is 1. The fraction of sp³-hybridized carbons (Fsp3) is 0.900. The molecule has 1 aliphatic heterocycles. The first-order valence-corrected chi connectivity index (χ1v) is 5.45. The molecular formula is C10H18F2N2O2. The summed E-state index contributed by atoms with van der Waals surface area (Å²) in [6, 6.07) is -0.519. The van der Waals surface area contributed by atoms with Gasteiger partial charge in [-0.2, -0.15) is 0 Å². The second kappa shape index (κ2) is 5.54. The number of amides is 1. The largest absolute Gasteiger partial charge is 0.380 e. The second-order valence-corrected chi connectivity index (χ2v) is 3.93. The Morgan fingerprint density at radius 1 is 1.62 bits per heavy atom. The van der Waals surface area contributed by atoms with Gasteiger partial charge in [0.1, 0.15) is 0 Å². The predicted molar refractivity (Wildman–Crippen MR) is 55.2 cm³/mol. The molecule has 6 heteroatoms. The fourth-order valence-corrected chi connectivity index (χ4v) is 1.86. The third-order valence-corrected chi connectivity index (χ3v) is 2.57. The van der Waals surface area contributed by atoms with Gasteiger partial charge in [-0.05, 0) is 6.92 Å². The van der Waals surface area contributed by atoms with Crippen LogP contribution in [0.15, 0.2) is 0 Å². The van der Waals surface area contributed by atoms with Crippen molar-refractivity contribution >= 4 is 5.91 Å². The molecule has 0 spiro atoms. The van der Waals surface area contributed by atoms with Crippen LogP contribution in [0, 0.1) is 0 Å². The highest BCUT2D eigenvalue weighted by atomic mass is 19.3. The molecule has 94 valence electrons. The number of nitrogens with zero attached hydrogens (tertiary/aromatic N) is 1. The number of nitrogens with two attached hydrogens (primary N) is 1. The molecule has 0 bridgehead atoms. The van der Waals surface area contributed by atoms with E-state index in [1.165, 1.54) is 4.90 Å². The van der Waals surface area contributed by atoms with Crippen molar-refractivity contribution < 1.29 is 18.3 Å². The Morgan fingerprint density at radius 2 is 2.31 bits per heavy atom. The number of rotatable bonds is 5. The lowest BCUT2D eigenvalue weighted by Gasteiger charge is -2.23. The summed E-state index contributed by atoms with van der Waals surface area (Å²) in [6.45, 7) is 2.09. The van der Waals surface area contributed by atoms with Crippen molar-refractivity contribution in [3.05, 3.63) is 0 Å². The number of carbonyl (C=O) groups excluding carboxylic acids is 1. The van der Waals surface area contributed by atoms with Crippen LogP contribution in [0.5, 0.6) is 0 Å². The average Bonchev–Trinajstić information content (AvgIpc) is 2.51. The summed E-state index contributed by atoms with van der Waals surface area (Å²) in [5, 5.41) is 0. The third-order valence-electron chi connectivity index (χ3n) is 2.57. The molecule has 1 amide bonds. The SMILES string of the molecule is CCOC[C@H]1CC(F)(F)CN1C(=O)CCN. The number of ether oxygens (including phenoxy) is 1. The highest BCUT2D eigenvalue weighted by molar-refractivity contribution is 5.77. The summed E-state index contributed by atoms with van der Waals surface area (Å²) in [7, 11) is 0. The van der Waals surface area contributed by atoms with Crippen molar-refractivity contribution in [3.8, 4) is 0 Å². The number of hydrogen-bond acceptors (Lipinski definition) is 3. The van der Waals surface area contributed by atoms with E-state index in [2.05, 4.69) is 0 Å². The highest BCUT2D eigenvalue weighted by Gasteiger charge is 2.46. The van der Waals surface area contributed by atoms with Crippen LogP contribution in [0.4, 0.5) is 8.78 Å². The summed E-state index contributed by atoms with van der Waals surface area (Å²) in [5.41, 5.74) is 5.24. The van der Waals surface area contributed by atoms with Crippen LogP contribution in [0.1, 0.15) is 19.8 Å². The summed E-state index contributed by atoms with van der Waals surface area (Å²) >= 11 is 0. The van der Waals surface area contributed by atoms with Crippen LogP contribution >= 0.6 is 0 Å². The molecule has 0 aromatic heterocycles. The standard InChI is InChI=1S/C10H18F2N2O2/c1-2-16-6-8-5-10(11,12)7-14(8)9(15)3-4-13/h8H,2-7,13H2,1H3/t8-/m1/s1. The van der Waals surface area contributed by atoms with Crippen LogP contribution in [0.25, 0.3) is 0 Å². The van der Waals surface area contributed by atoms with E-state index in [1.54, 1.807) is 6.92 Å². The minimum absolute atomic E-state index is 0.110. The van der Waals surface area contributed by atoms with Crippen molar-refractivity contribution in [1.82, 2.24) is 4.90 Å². The van der Waals surface area contributed by atoms with Crippen molar-refractivity contribution in [3.63, 3.8) is 0 Å². The van der Waals surface area contributed by atoms with Crippen molar-refractivity contribution in [2.75, 3.05) is 26.3 Å². The van der Waals surface area contributed by atoms with Crippen molar-refractivity contribution in [2.24, 2.45) is 5.73 Å². The van der Waals surface area contributed by atoms with Gasteiger partial charge in [0.15, 0.2) is 0 Å². The van der Waals surface area contributed by atoms with E-state index >= 15 is 0 Å². The van der Waals surface area contributed by atoms with Crippen molar-refractivity contribution in [1.29, 1.82) is 0 Å². The lowest BCUT2D eigenvalue weighted by atomic mass is 10.2. The second-order valence-electron chi connectivity index (χ2n) is 3.93. The van der Waals surface area contributed by atoms with Gasteiger partial charge in [0.2, 0.25) is 5.91 Å². The van der Waals surface area contributed by atoms with E-state index in [9.17, 15) is 13.6 Å². The van der Waals surface area contributed by atoms with Crippen LogP contribution in [0.3, 0.4) is 0 Å². The Morgan fingerprint density at radius 3 is 2.88 bits per heavy atom. The highest BCUT2D eigenvalue weighted by Crippen LogP contribution is 2.32. The lowest BCUT2D eigenvalue weighted by Crippen LogP contribution is -2.39. The molecule has 0 saturated carbocycles. The molecular weight excluding hydrogens is 218 g/mol. The van der Waals surface area contributed by atoms with Crippen LogP contribution < -0.4 is 5.73 Å². The maximum absolute atomic E-state index is 13.2. The molecule has 16 heavy (non-hydrogen) atoms. The monoisotopic (exact) mass is 236 g/mol. The lowest BCUT2D eigenvalue weighted by molar-refractivity contribution is -0.134. The molecule has 4 nitrogen and oxygen atoms in total. The van der Waals surface area contributed by atoms with Gasteiger partial charge in [0, 0.05) is 26.0 Å². The molecule has 0 aromatic rings. The number of hydrogen-bond donors (Lipinski definition) is 1. The van der Waals surface area contributed by atoms with E-state index in [0.29, 0.717) is 6.61 Å². The van der Waals surface area contributed by atoms with Crippen LogP contribution in [0.2, 0.25) is 0 Å². The fourth-order valence-electron chi connectivity index (χ4n) is 1.86. The minimum Gasteiger partial charge on any atom is -0.380 e. The number of alkyl halides is 2. The van der Waals surface area contributed by atoms with Gasteiger partial charge < -0.3 is 15.4 Å². The quantitative estimate of drug-likeness (QED) is 0.760. The van der Waals surface area contributed by atoms with Crippen LogP contribution in [-0.2, 0) is 9.53 Å². The van der Waals surface area contributed by atoms with E-state index < -0.39 is 18.5 Å². The zero-order chi connectivity index (χ0) is 12.2. The molecule has 0 unspecified atom stereocenters. The summed E-state index contributed by atoms with van der Waals surface area (Å²) in [6.07, 6.45) is -0.206. The molecule has 2 N–H and O–H groups in total. The first kappa shape index (κ1) is 13.3. The zero-order valence-electron chi connectivity index (χ0n) is 9.42. The van der Waals surface area contributed by atoms with Crippen molar-refractivity contribution in [2.45, 2.75) is 31.7 Å². The molecule has 1 rings (SSSR count). The summed E-state index contributed by atoms with van der Waals surface area (Å²) in [5.74, 6) is -3.11. The molecule has 0 aromatic carbocycles. The van der Waals surface area contributed by atoms with E-state index in [-0.39, 0.29) is 31.9 Å². The molecule has 1 atom stereocenters. The third kappa shape index (κ3) is 3.38. The van der Waals surface area contributed by atoms with Gasteiger partial charge in [-0.15, -0.1) is 0 Å². The zero-order valence-corrected chi connectivity index (χ0v) is 9.42. The van der Waals surface area contributed by atoms with Gasteiger partial charge in [-0.25, -0.2) is 8.78 Å². The minimum atomic E-state index is -2.80. The van der Waals surface area contributed by atoms with Crippen LogP contribution in [-0.4, -0.2) is 49.1 Å². The molecule has 1 fully saturated rings. The first-order valence-electron chi connectivity index (χ1n) is 5.45. The van der Waals surface area contributed by atoms with E-state index in [0.717, 1.165) is 0 Å². The van der Waals surface area contributed by atoms with E-state index in [1.807, 2.05) is 0 Å². The topological polar surface area (TPSA) is 55.6 Å². The van der Waals surface area contributed by atoms with Gasteiger partial charge in [0.25, 0.3) is 5.92 Å². The Bertz CT molecular complexity index is 249. The first-order chi connectivity index (χ1) is 7.50. The summed E-state index contributed by atoms with van der Waals surface area (Å²) in [4.78, 5) is 12.8. The number of halogens is 2. The Hall–Kier alpha value is -0.750. The Kier molecular flexibility index (Phi) is 4.61.